The van der Waals surface area contributed by atoms with Crippen molar-refractivity contribution in [2.75, 3.05) is 0 Å². The predicted octanol–water partition coefficient (Wildman–Crippen LogP) is 5.50. The third kappa shape index (κ3) is 4.11. The largest absolute Gasteiger partial charge is 0.437 e. The molecule has 7 nitrogen and oxygen atoms in total. The van der Waals surface area contributed by atoms with Crippen LogP contribution in [0.3, 0.4) is 0 Å². The highest BCUT2D eigenvalue weighted by Gasteiger charge is 2.22. The standard InChI is InChI=1S/C27H23N5O2/c1-4-23(33)32-27(2,3)19-8-5-9-20(14-19)34-24-16-30-26-25(31-24)21(15-29-26)17-10-11-22-18(13-17)7-6-12-28-22/h4-16H,1H2,2-3H3,(H,29,30)(H,32,33). The van der Waals surface area contributed by atoms with E-state index in [-0.39, 0.29) is 5.91 Å². The minimum absolute atomic E-state index is 0.239. The van der Waals surface area contributed by atoms with E-state index in [0.717, 1.165) is 33.1 Å². The molecule has 1 amide bonds. The molecule has 5 rings (SSSR count). The van der Waals surface area contributed by atoms with Gasteiger partial charge in [-0.15, -0.1) is 0 Å². The van der Waals surface area contributed by atoms with Gasteiger partial charge >= 0.3 is 0 Å². The van der Waals surface area contributed by atoms with E-state index in [4.69, 9.17) is 9.72 Å². The Balaban J connectivity index is 1.46. The van der Waals surface area contributed by atoms with Crippen LogP contribution in [0.25, 0.3) is 33.2 Å². The molecule has 3 aromatic heterocycles. The lowest BCUT2D eigenvalue weighted by atomic mass is 9.94. The fourth-order valence-electron chi connectivity index (χ4n) is 3.89. The van der Waals surface area contributed by atoms with Crippen LogP contribution in [0.5, 0.6) is 11.6 Å². The molecule has 34 heavy (non-hydrogen) atoms. The molecule has 0 bridgehead atoms. The zero-order valence-electron chi connectivity index (χ0n) is 18.9. The first-order valence-corrected chi connectivity index (χ1v) is 10.9. The Kier molecular flexibility index (Phi) is 5.30. The number of aromatic nitrogens is 4. The van der Waals surface area contributed by atoms with E-state index in [1.54, 1.807) is 12.4 Å². The van der Waals surface area contributed by atoms with Gasteiger partial charge in [0, 0.05) is 23.3 Å². The van der Waals surface area contributed by atoms with Gasteiger partial charge in [-0.1, -0.05) is 30.8 Å². The van der Waals surface area contributed by atoms with Crippen LogP contribution in [-0.2, 0) is 10.3 Å². The predicted molar refractivity (Wildman–Crippen MR) is 133 cm³/mol. The molecule has 0 atom stereocenters. The van der Waals surface area contributed by atoms with Gasteiger partial charge in [-0.2, -0.15) is 0 Å². The summed E-state index contributed by atoms with van der Waals surface area (Å²) in [5.74, 6) is 0.735. The van der Waals surface area contributed by atoms with Crippen molar-refractivity contribution in [3.8, 4) is 22.8 Å². The van der Waals surface area contributed by atoms with Gasteiger partial charge in [-0.05, 0) is 61.4 Å². The fraction of sp³-hybridized carbons (Fsp3) is 0.111. The number of H-pyrrole nitrogens is 1. The lowest BCUT2D eigenvalue weighted by Gasteiger charge is -2.26. The Labute approximate surface area is 196 Å². The highest BCUT2D eigenvalue weighted by molar-refractivity contribution is 5.94. The Morgan fingerprint density at radius 2 is 2.00 bits per heavy atom. The molecule has 7 heteroatoms. The van der Waals surface area contributed by atoms with Crippen LogP contribution in [0.2, 0.25) is 0 Å². The Bertz CT molecular complexity index is 1540. The van der Waals surface area contributed by atoms with Crippen LogP contribution in [0.15, 0.2) is 85.8 Å². The second kappa shape index (κ2) is 8.44. The second-order valence-electron chi connectivity index (χ2n) is 8.47. The number of hydrogen-bond donors (Lipinski definition) is 2. The lowest BCUT2D eigenvalue weighted by molar-refractivity contribution is -0.118. The van der Waals surface area contributed by atoms with Crippen molar-refractivity contribution in [2.24, 2.45) is 0 Å². The van der Waals surface area contributed by atoms with E-state index in [0.29, 0.717) is 17.3 Å². The van der Waals surface area contributed by atoms with Crippen molar-refractivity contribution in [3.05, 3.63) is 91.4 Å². The van der Waals surface area contributed by atoms with Crippen LogP contribution in [0.1, 0.15) is 19.4 Å². The van der Waals surface area contributed by atoms with Crippen molar-refractivity contribution in [1.29, 1.82) is 0 Å². The van der Waals surface area contributed by atoms with Crippen molar-refractivity contribution in [3.63, 3.8) is 0 Å². The monoisotopic (exact) mass is 449 g/mol. The van der Waals surface area contributed by atoms with Crippen molar-refractivity contribution < 1.29 is 9.53 Å². The lowest BCUT2D eigenvalue weighted by Crippen LogP contribution is -2.39. The Morgan fingerprint density at radius 3 is 2.85 bits per heavy atom. The first-order chi connectivity index (χ1) is 16.4. The van der Waals surface area contributed by atoms with Crippen molar-refractivity contribution in [2.45, 2.75) is 19.4 Å². The molecule has 0 unspecified atom stereocenters. The molecule has 2 N–H and O–H groups in total. The third-order valence-electron chi connectivity index (χ3n) is 5.67. The van der Waals surface area contributed by atoms with Crippen LogP contribution in [0, 0.1) is 0 Å². The number of benzene rings is 2. The highest BCUT2D eigenvalue weighted by Crippen LogP contribution is 2.31. The minimum atomic E-state index is -0.598. The molecule has 0 spiro atoms. The summed E-state index contributed by atoms with van der Waals surface area (Å²) in [6.45, 7) is 7.36. The van der Waals surface area contributed by atoms with E-state index in [1.165, 1.54) is 6.08 Å². The second-order valence-corrected chi connectivity index (χ2v) is 8.47. The molecule has 5 aromatic rings. The van der Waals surface area contributed by atoms with Gasteiger partial charge in [0.2, 0.25) is 11.8 Å². The van der Waals surface area contributed by atoms with Crippen LogP contribution in [0.4, 0.5) is 0 Å². The van der Waals surface area contributed by atoms with Gasteiger partial charge in [0.25, 0.3) is 0 Å². The maximum absolute atomic E-state index is 11.8. The summed E-state index contributed by atoms with van der Waals surface area (Å²) >= 11 is 0. The molecule has 0 aliphatic heterocycles. The number of aromatic amines is 1. The van der Waals surface area contributed by atoms with Gasteiger partial charge in [-0.25, -0.2) is 9.97 Å². The number of nitrogens with zero attached hydrogens (tertiary/aromatic N) is 3. The number of carbonyl (C=O) groups is 1. The third-order valence-corrected chi connectivity index (χ3v) is 5.67. The zero-order valence-corrected chi connectivity index (χ0v) is 18.9. The number of rotatable bonds is 6. The summed E-state index contributed by atoms with van der Waals surface area (Å²) in [7, 11) is 0. The van der Waals surface area contributed by atoms with E-state index in [2.05, 4.69) is 32.9 Å². The number of pyridine rings is 1. The molecule has 0 aliphatic rings. The number of ether oxygens (including phenoxy) is 1. The number of nitrogens with one attached hydrogen (secondary N) is 2. The van der Waals surface area contributed by atoms with E-state index in [9.17, 15) is 4.79 Å². The summed E-state index contributed by atoms with van der Waals surface area (Å²) in [6, 6.07) is 17.6. The van der Waals surface area contributed by atoms with E-state index >= 15 is 0 Å². The van der Waals surface area contributed by atoms with Gasteiger partial charge in [0.05, 0.1) is 17.3 Å². The minimum Gasteiger partial charge on any atom is -0.437 e. The average Bonchev–Trinajstić information content (AvgIpc) is 3.27. The zero-order chi connectivity index (χ0) is 23.7. The highest BCUT2D eigenvalue weighted by atomic mass is 16.5. The maximum Gasteiger partial charge on any atom is 0.244 e. The van der Waals surface area contributed by atoms with Crippen LogP contribution >= 0.6 is 0 Å². The normalized spacial score (nSPS) is 11.5. The Morgan fingerprint density at radius 1 is 1.12 bits per heavy atom. The van der Waals surface area contributed by atoms with Crippen molar-refractivity contribution >= 4 is 28.0 Å². The van der Waals surface area contributed by atoms with Gasteiger partial charge in [0.15, 0.2) is 5.65 Å². The molecular weight excluding hydrogens is 426 g/mol. The summed E-state index contributed by atoms with van der Waals surface area (Å²) in [5.41, 5.74) is 4.57. The van der Waals surface area contributed by atoms with Crippen LogP contribution in [-0.4, -0.2) is 25.8 Å². The molecule has 168 valence electrons. The topological polar surface area (TPSA) is 92.8 Å². The summed E-state index contributed by atoms with van der Waals surface area (Å²) in [6.07, 6.45) is 6.53. The van der Waals surface area contributed by atoms with Gasteiger partial charge in [-0.3, -0.25) is 9.78 Å². The molecule has 3 heterocycles. The Hall–Kier alpha value is -4.52. The number of amides is 1. The number of carbonyl (C=O) groups excluding carboxylic acids is 1. The average molecular weight is 450 g/mol. The summed E-state index contributed by atoms with van der Waals surface area (Å²) in [4.78, 5) is 28.6. The quantitative estimate of drug-likeness (QED) is 0.334. The van der Waals surface area contributed by atoms with E-state index < -0.39 is 5.54 Å². The number of fused-ring (bicyclic) bond motifs is 2. The molecule has 2 aromatic carbocycles. The van der Waals surface area contributed by atoms with Gasteiger partial charge in [0.1, 0.15) is 11.3 Å². The molecule has 0 fully saturated rings. The van der Waals surface area contributed by atoms with Crippen LogP contribution < -0.4 is 10.1 Å². The molecule has 0 aliphatic carbocycles. The molecular formula is C27H23N5O2. The fourth-order valence-corrected chi connectivity index (χ4v) is 3.89. The molecule has 0 saturated carbocycles. The maximum atomic E-state index is 11.8. The summed E-state index contributed by atoms with van der Waals surface area (Å²) < 4.78 is 6.05. The number of hydrogen-bond acceptors (Lipinski definition) is 5. The molecule has 0 radical (unpaired) electrons. The van der Waals surface area contributed by atoms with Gasteiger partial charge < -0.3 is 15.0 Å². The van der Waals surface area contributed by atoms with Crippen molar-refractivity contribution in [1.82, 2.24) is 25.3 Å². The van der Waals surface area contributed by atoms with E-state index in [1.807, 2.05) is 68.6 Å². The first kappa shape index (κ1) is 21.3. The molecule has 0 saturated heterocycles. The first-order valence-electron chi connectivity index (χ1n) is 10.9. The SMILES string of the molecule is C=CC(=O)NC(C)(C)c1cccc(Oc2cnc3[nH]cc(-c4ccc5ncccc5c4)c3n2)c1. The smallest absolute Gasteiger partial charge is 0.244 e. The summed E-state index contributed by atoms with van der Waals surface area (Å²) in [5, 5.41) is 3.98.